The number of carbonyl (C=O) groups is 1. The number of aromatic nitrogens is 3. The summed E-state index contributed by atoms with van der Waals surface area (Å²) < 4.78 is 1.72. The predicted octanol–water partition coefficient (Wildman–Crippen LogP) is 1.34. The fraction of sp³-hybridized carbons (Fsp3) is 0.462. The van der Waals surface area contributed by atoms with E-state index < -0.39 is 5.54 Å². The lowest BCUT2D eigenvalue weighted by Crippen LogP contribution is -2.36. The van der Waals surface area contributed by atoms with Gasteiger partial charge in [0.05, 0.1) is 17.6 Å². The van der Waals surface area contributed by atoms with Crippen molar-refractivity contribution < 1.29 is 4.79 Å². The average Bonchev–Trinajstić information content (AvgIpc) is 2.51. The van der Waals surface area contributed by atoms with Crippen molar-refractivity contribution in [2.75, 3.05) is 5.32 Å². The van der Waals surface area contributed by atoms with Gasteiger partial charge in [0.25, 0.3) is 0 Å². The Morgan fingerprint density at radius 2 is 2.21 bits per heavy atom. The summed E-state index contributed by atoms with van der Waals surface area (Å²) in [7, 11) is 1.84. The molecule has 0 unspecified atom stereocenters. The first-order valence-corrected chi connectivity index (χ1v) is 6.14. The molecule has 0 fully saturated rings. The van der Waals surface area contributed by atoms with Crippen LogP contribution in [0.25, 0.3) is 11.0 Å². The van der Waals surface area contributed by atoms with E-state index in [0.717, 1.165) is 16.7 Å². The van der Waals surface area contributed by atoms with E-state index in [1.807, 2.05) is 33.9 Å². The Kier molecular flexibility index (Phi) is 3.28. The van der Waals surface area contributed by atoms with E-state index in [0.29, 0.717) is 5.69 Å². The molecule has 0 bridgehead atoms. The van der Waals surface area contributed by atoms with E-state index in [1.54, 1.807) is 10.9 Å². The van der Waals surface area contributed by atoms with Crippen LogP contribution in [0, 0.1) is 6.92 Å². The van der Waals surface area contributed by atoms with Crippen molar-refractivity contribution in [1.82, 2.24) is 14.8 Å². The summed E-state index contributed by atoms with van der Waals surface area (Å²) in [6.07, 6.45) is 1.89. The lowest BCUT2D eigenvalue weighted by molar-refractivity contribution is -0.117. The maximum Gasteiger partial charge on any atom is 0.226 e. The SMILES string of the molecule is Cc1nn(C)c2ncc(NC(=O)CC(C)(C)N)cc12. The highest BCUT2D eigenvalue weighted by atomic mass is 16.1. The second-order valence-corrected chi connectivity index (χ2v) is 5.52. The molecule has 0 aliphatic rings. The Morgan fingerprint density at radius 3 is 2.84 bits per heavy atom. The number of hydrogen-bond donors (Lipinski definition) is 2. The number of hydrogen-bond acceptors (Lipinski definition) is 4. The van der Waals surface area contributed by atoms with Crippen LogP contribution in [0.2, 0.25) is 0 Å². The van der Waals surface area contributed by atoms with Gasteiger partial charge in [-0.1, -0.05) is 0 Å². The molecule has 0 aromatic carbocycles. The monoisotopic (exact) mass is 261 g/mol. The van der Waals surface area contributed by atoms with E-state index >= 15 is 0 Å². The molecule has 2 rings (SSSR count). The number of nitrogens with two attached hydrogens (primary N) is 1. The number of nitrogens with zero attached hydrogens (tertiary/aromatic N) is 3. The molecule has 6 heteroatoms. The molecule has 0 spiro atoms. The maximum absolute atomic E-state index is 11.8. The quantitative estimate of drug-likeness (QED) is 0.873. The first-order chi connectivity index (χ1) is 8.76. The van der Waals surface area contributed by atoms with E-state index in [9.17, 15) is 4.79 Å². The highest BCUT2D eigenvalue weighted by Crippen LogP contribution is 2.19. The maximum atomic E-state index is 11.8. The molecule has 0 saturated heterocycles. The van der Waals surface area contributed by atoms with Crippen molar-refractivity contribution >= 4 is 22.6 Å². The second kappa shape index (κ2) is 4.62. The van der Waals surface area contributed by atoms with Crippen LogP contribution in [0.1, 0.15) is 26.0 Å². The molecule has 0 aliphatic carbocycles. The van der Waals surface area contributed by atoms with Gasteiger partial charge in [-0.15, -0.1) is 0 Å². The molecular formula is C13H19N5O. The fourth-order valence-corrected chi connectivity index (χ4v) is 2.00. The van der Waals surface area contributed by atoms with E-state index in [2.05, 4.69) is 15.4 Å². The van der Waals surface area contributed by atoms with Crippen LogP contribution >= 0.6 is 0 Å². The first-order valence-electron chi connectivity index (χ1n) is 6.14. The summed E-state index contributed by atoms with van der Waals surface area (Å²) in [5, 5.41) is 8.04. The topological polar surface area (TPSA) is 85.8 Å². The van der Waals surface area contributed by atoms with Gasteiger partial charge in [-0.3, -0.25) is 9.48 Å². The largest absolute Gasteiger partial charge is 0.325 e. The number of rotatable bonds is 3. The molecule has 19 heavy (non-hydrogen) atoms. The molecule has 0 atom stereocenters. The van der Waals surface area contributed by atoms with Crippen molar-refractivity contribution in [2.45, 2.75) is 32.7 Å². The van der Waals surface area contributed by atoms with Crippen LogP contribution in [-0.2, 0) is 11.8 Å². The Bertz CT molecular complexity index is 624. The highest BCUT2D eigenvalue weighted by molar-refractivity contribution is 5.93. The standard InChI is InChI=1S/C13H19N5O/c1-8-10-5-9(7-15-12(10)18(4)17-8)16-11(19)6-13(2,3)14/h5,7H,6,14H2,1-4H3,(H,16,19). The molecule has 0 aliphatic heterocycles. The summed E-state index contributed by atoms with van der Waals surface area (Å²) in [6.45, 7) is 5.55. The van der Waals surface area contributed by atoms with Gasteiger partial charge < -0.3 is 11.1 Å². The summed E-state index contributed by atoms with van der Waals surface area (Å²) in [4.78, 5) is 16.1. The van der Waals surface area contributed by atoms with Gasteiger partial charge in [-0.2, -0.15) is 5.10 Å². The summed E-state index contributed by atoms with van der Waals surface area (Å²) in [5.41, 5.74) is 7.65. The Balaban J connectivity index is 2.22. The number of carbonyl (C=O) groups excluding carboxylic acids is 1. The Hall–Kier alpha value is -1.95. The van der Waals surface area contributed by atoms with Gasteiger partial charge >= 0.3 is 0 Å². The lowest BCUT2D eigenvalue weighted by atomic mass is 10.0. The molecular weight excluding hydrogens is 242 g/mol. The van der Waals surface area contributed by atoms with Crippen LogP contribution in [0.4, 0.5) is 5.69 Å². The first kappa shape index (κ1) is 13.5. The van der Waals surface area contributed by atoms with Crippen molar-refractivity contribution in [3.8, 4) is 0 Å². The number of pyridine rings is 1. The van der Waals surface area contributed by atoms with E-state index in [4.69, 9.17) is 5.73 Å². The Labute approximate surface area is 112 Å². The van der Waals surface area contributed by atoms with Crippen molar-refractivity contribution in [3.63, 3.8) is 0 Å². The number of anilines is 1. The average molecular weight is 261 g/mol. The normalized spacial score (nSPS) is 11.8. The van der Waals surface area contributed by atoms with E-state index in [-0.39, 0.29) is 12.3 Å². The van der Waals surface area contributed by atoms with Gasteiger partial charge in [-0.05, 0) is 26.8 Å². The van der Waals surface area contributed by atoms with Gasteiger partial charge in [0.2, 0.25) is 5.91 Å². The molecule has 1 amide bonds. The van der Waals surface area contributed by atoms with Gasteiger partial charge in [0, 0.05) is 24.4 Å². The van der Waals surface area contributed by atoms with Crippen molar-refractivity contribution in [2.24, 2.45) is 12.8 Å². The van der Waals surface area contributed by atoms with Crippen molar-refractivity contribution in [3.05, 3.63) is 18.0 Å². The van der Waals surface area contributed by atoms with Gasteiger partial charge in [-0.25, -0.2) is 4.98 Å². The van der Waals surface area contributed by atoms with E-state index in [1.165, 1.54) is 0 Å². The lowest BCUT2D eigenvalue weighted by Gasteiger charge is -2.17. The zero-order chi connectivity index (χ0) is 14.2. The van der Waals surface area contributed by atoms with Crippen LogP contribution in [-0.4, -0.2) is 26.2 Å². The smallest absolute Gasteiger partial charge is 0.226 e. The van der Waals surface area contributed by atoms with Crippen molar-refractivity contribution in [1.29, 1.82) is 0 Å². The number of amides is 1. The van der Waals surface area contributed by atoms with Crippen LogP contribution in [0.3, 0.4) is 0 Å². The number of fused-ring (bicyclic) bond motifs is 1. The summed E-state index contributed by atoms with van der Waals surface area (Å²) in [5.74, 6) is -0.116. The number of nitrogens with one attached hydrogen (secondary N) is 1. The third kappa shape index (κ3) is 3.08. The third-order valence-corrected chi connectivity index (χ3v) is 2.76. The molecule has 6 nitrogen and oxygen atoms in total. The minimum Gasteiger partial charge on any atom is -0.325 e. The fourth-order valence-electron chi connectivity index (χ4n) is 2.00. The molecule has 2 aromatic rings. The van der Waals surface area contributed by atoms with Crippen LogP contribution in [0.5, 0.6) is 0 Å². The molecule has 3 N–H and O–H groups in total. The third-order valence-electron chi connectivity index (χ3n) is 2.76. The second-order valence-electron chi connectivity index (χ2n) is 5.52. The molecule has 102 valence electrons. The summed E-state index contributed by atoms with van der Waals surface area (Å²) >= 11 is 0. The van der Waals surface area contributed by atoms with Gasteiger partial charge in [0.1, 0.15) is 0 Å². The highest BCUT2D eigenvalue weighted by Gasteiger charge is 2.17. The predicted molar refractivity (Wildman–Crippen MR) is 74.8 cm³/mol. The summed E-state index contributed by atoms with van der Waals surface area (Å²) in [6, 6.07) is 1.88. The zero-order valence-electron chi connectivity index (χ0n) is 11.7. The Morgan fingerprint density at radius 1 is 1.53 bits per heavy atom. The minimum atomic E-state index is -0.522. The van der Waals surface area contributed by atoms with Crippen LogP contribution < -0.4 is 11.1 Å². The minimum absolute atomic E-state index is 0.116. The van der Waals surface area contributed by atoms with Crippen LogP contribution in [0.15, 0.2) is 12.3 Å². The molecule has 2 aromatic heterocycles. The molecule has 0 radical (unpaired) electrons. The molecule has 2 heterocycles. The molecule has 0 saturated carbocycles. The number of aryl methyl sites for hydroxylation is 2. The zero-order valence-corrected chi connectivity index (χ0v) is 11.7. The van der Waals surface area contributed by atoms with Gasteiger partial charge in [0.15, 0.2) is 5.65 Å².